The lowest BCUT2D eigenvalue weighted by molar-refractivity contribution is -0.125. The van der Waals surface area contributed by atoms with Crippen molar-refractivity contribution in [1.82, 2.24) is 14.0 Å². The molecule has 11 nitrogen and oxygen atoms in total. The summed E-state index contributed by atoms with van der Waals surface area (Å²) in [5, 5.41) is 4.88. The van der Waals surface area contributed by atoms with E-state index >= 15 is 0 Å². The number of carbonyl (C=O) groups excluding carboxylic acids is 1. The molecule has 1 aliphatic heterocycles. The van der Waals surface area contributed by atoms with Crippen LogP contribution in [0, 0.1) is 0 Å². The number of nitrogens with zero attached hydrogens (tertiary/aromatic N) is 3. The van der Waals surface area contributed by atoms with Crippen LogP contribution in [-0.2, 0) is 31.4 Å². The Hall–Kier alpha value is -3.50. The van der Waals surface area contributed by atoms with Crippen LogP contribution in [0.5, 0.6) is 11.5 Å². The van der Waals surface area contributed by atoms with Crippen molar-refractivity contribution < 1.29 is 31.1 Å². The van der Waals surface area contributed by atoms with Crippen molar-refractivity contribution in [1.29, 1.82) is 0 Å². The Morgan fingerprint density at radius 2 is 1.56 bits per heavy atom. The first kappa shape index (κ1) is 35.8. The lowest BCUT2D eigenvalue weighted by atomic mass is 10.2. The van der Waals surface area contributed by atoms with Crippen LogP contribution in [0.1, 0.15) is 11.1 Å². The average Bonchev–Trinajstić information content (AvgIpc) is 3.09. The van der Waals surface area contributed by atoms with Gasteiger partial charge in [-0.2, -0.15) is 13.7 Å². The molecule has 252 valence electrons. The normalized spacial score (nSPS) is 16.1. The molecule has 1 atom stereocenters. The van der Waals surface area contributed by atoms with E-state index in [4.69, 9.17) is 32.7 Å². The van der Waals surface area contributed by atoms with Gasteiger partial charge in [-0.3, -0.25) is 4.79 Å². The van der Waals surface area contributed by atoms with E-state index in [1.807, 2.05) is 0 Å². The molecule has 1 aliphatic rings. The first-order valence-corrected chi connectivity index (χ1v) is 18.7. The van der Waals surface area contributed by atoms with Crippen LogP contribution < -0.4 is 14.9 Å². The standard InChI is InChI=1S/C32H29BrCl2N4O7S2/c1-45-30-18-23(16-26(33)31(30)46-21-22-12-13-27(34)28(35)17-22)19-36-37-32(40)29-20-38(47(41,42)24-8-4-2-5-9-24)14-15-39(29)48(43,44)25-10-6-3-7-11-25/h2-13,16-19,29H,14-15,20-21H2,1H3,(H,37,40)/b36-19-/t29-/m0/s1. The van der Waals surface area contributed by atoms with Crippen molar-refractivity contribution in [2.45, 2.75) is 22.4 Å². The highest BCUT2D eigenvalue weighted by Gasteiger charge is 2.43. The van der Waals surface area contributed by atoms with Crippen molar-refractivity contribution in [2.75, 3.05) is 26.7 Å². The van der Waals surface area contributed by atoms with E-state index in [0.29, 0.717) is 31.6 Å². The fourth-order valence-corrected chi connectivity index (χ4v) is 8.86. The minimum atomic E-state index is -4.17. The number of hydrazone groups is 1. The first-order chi connectivity index (χ1) is 22.9. The molecule has 4 aromatic rings. The maximum Gasteiger partial charge on any atom is 0.259 e. The second-order valence-electron chi connectivity index (χ2n) is 10.4. The largest absolute Gasteiger partial charge is 0.493 e. The number of hydrogen-bond donors (Lipinski definition) is 1. The van der Waals surface area contributed by atoms with Gasteiger partial charge in [0, 0.05) is 19.6 Å². The number of benzene rings is 4. The average molecular weight is 797 g/mol. The highest BCUT2D eigenvalue weighted by atomic mass is 79.9. The van der Waals surface area contributed by atoms with E-state index in [9.17, 15) is 21.6 Å². The second-order valence-corrected chi connectivity index (χ2v) is 15.9. The van der Waals surface area contributed by atoms with Gasteiger partial charge in [0.05, 0.1) is 37.6 Å². The number of sulfonamides is 2. The van der Waals surface area contributed by atoms with E-state index in [2.05, 4.69) is 26.5 Å². The van der Waals surface area contributed by atoms with Crippen LogP contribution >= 0.6 is 39.1 Å². The van der Waals surface area contributed by atoms with Gasteiger partial charge in [0.2, 0.25) is 20.0 Å². The van der Waals surface area contributed by atoms with Gasteiger partial charge >= 0.3 is 0 Å². The Morgan fingerprint density at radius 3 is 2.19 bits per heavy atom. The molecule has 0 radical (unpaired) electrons. The summed E-state index contributed by atoms with van der Waals surface area (Å²) in [4.78, 5) is 13.6. The zero-order valence-electron chi connectivity index (χ0n) is 25.3. The molecule has 0 bridgehead atoms. The van der Waals surface area contributed by atoms with Crippen molar-refractivity contribution in [3.8, 4) is 11.5 Å². The Kier molecular flexibility index (Phi) is 11.5. The van der Waals surface area contributed by atoms with Crippen molar-refractivity contribution in [3.63, 3.8) is 0 Å². The van der Waals surface area contributed by atoms with E-state index < -0.39 is 38.5 Å². The Balaban J connectivity index is 1.36. The lowest BCUT2D eigenvalue weighted by Gasteiger charge is -2.38. The topological polar surface area (TPSA) is 135 Å². The Bertz CT molecular complexity index is 2040. The van der Waals surface area contributed by atoms with E-state index in [-0.39, 0.29) is 29.5 Å². The number of hydrogen-bond acceptors (Lipinski definition) is 8. The molecule has 4 aromatic carbocycles. The minimum Gasteiger partial charge on any atom is -0.493 e. The summed E-state index contributed by atoms with van der Waals surface area (Å²) in [6.07, 6.45) is 1.34. The molecule has 0 unspecified atom stereocenters. The van der Waals surface area contributed by atoms with Crippen molar-refractivity contribution >= 4 is 71.3 Å². The number of ether oxygens (including phenoxy) is 2. The summed E-state index contributed by atoms with van der Waals surface area (Å²) in [7, 11) is -6.72. The van der Waals surface area contributed by atoms with Gasteiger partial charge in [-0.05, 0) is 75.6 Å². The maximum absolute atomic E-state index is 13.6. The van der Waals surface area contributed by atoms with Crippen LogP contribution in [0.3, 0.4) is 0 Å². The smallest absolute Gasteiger partial charge is 0.259 e. The molecule has 1 N–H and O–H groups in total. The highest BCUT2D eigenvalue weighted by Crippen LogP contribution is 2.37. The first-order valence-electron chi connectivity index (χ1n) is 14.3. The number of nitrogens with one attached hydrogen (secondary N) is 1. The van der Waals surface area contributed by atoms with Gasteiger partial charge in [-0.1, -0.05) is 65.7 Å². The molecule has 5 rings (SSSR count). The summed E-state index contributed by atoms with van der Waals surface area (Å²) in [5.74, 6) is -0.0360. The van der Waals surface area contributed by atoms with Gasteiger partial charge in [-0.25, -0.2) is 22.3 Å². The second kappa shape index (κ2) is 15.4. The van der Waals surface area contributed by atoms with Crippen molar-refractivity contribution in [3.05, 3.63) is 117 Å². The molecule has 16 heteroatoms. The van der Waals surface area contributed by atoms with Crippen LogP contribution in [0.25, 0.3) is 0 Å². The fourth-order valence-electron chi connectivity index (χ4n) is 4.91. The maximum atomic E-state index is 13.6. The number of rotatable bonds is 11. The van der Waals surface area contributed by atoms with Crippen LogP contribution in [0.4, 0.5) is 0 Å². The predicted molar refractivity (Wildman–Crippen MR) is 187 cm³/mol. The molecule has 1 saturated heterocycles. The number of methoxy groups -OCH3 is 1. The molecule has 0 saturated carbocycles. The lowest BCUT2D eigenvalue weighted by Crippen LogP contribution is -2.60. The zero-order chi connectivity index (χ0) is 34.5. The fraction of sp³-hybridized carbons (Fsp3) is 0.188. The molecule has 48 heavy (non-hydrogen) atoms. The molecular formula is C32H29BrCl2N4O7S2. The molecule has 1 amide bonds. The molecule has 0 aromatic heterocycles. The monoisotopic (exact) mass is 794 g/mol. The SMILES string of the molecule is COc1cc(/C=N\NC(=O)[C@@H]2CN(S(=O)(=O)c3ccccc3)CCN2S(=O)(=O)c2ccccc2)cc(Br)c1OCc1ccc(Cl)c(Cl)c1. The zero-order valence-corrected chi connectivity index (χ0v) is 30.0. The molecule has 0 spiro atoms. The molecule has 1 heterocycles. The summed E-state index contributed by atoms with van der Waals surface area (Å²) in [6, 6.07) is 22.4. The molecular weight excluding hydrogens is 767 g/mol. The van der Waals surface area contributed by atoms with E-state index in [0.717, 1.165) is 14.2 Å². The molecule has 1 fully saturated rings. The van der Waals surface area contributed by atoms with E-state index in [1.165, 1.54) is 37.6 Å². The van der Waals surface area contributed by atoms with Crippen LogP contribution in [-0.4, -0.2) is 70.4 Å². The number of carbonyl (C=O) groups is 1. The summed E-state index contributed by atoms with van der Waals surface area (Å²) < 4.78 is 68.2. The van der Waals surface area contributed by atoms with Gasteiger partial charge in [-0.15, -0.1) is 0 Å². The number of amides is 1. The summed E-state index contributed by atoms with van der Waals surface area (Å²) in [5.41, 5.74) is 3.68. The molecule has 0 aliphatic carbocycles. The van der Waals surface area contributed by atoms with E-state index in [1.54, 1.807) is 66.7 Å². The number of halogens is 3. The van der Waals surface area contributed by atoms with Crippen molar-refractivity contribution in [2.24, 2.45) is 5.10 Å². The van der Waals surface area contributed by atoms with Gasteiger partial charge in [0.25, 0.3) is 5.91 Å². The predicted octanol–water partition coefficient (Wildman–Crippen LogP) is 5.56. The van der Waals surface area contributed by atoms with Crippen LogP contribution in [0.15, 0.2) is 110 Å². The minimum absolute atomic E-state index is 0.0240. The third kappa shape index (κ3) is 8.03. The highest BCUT2D eigenvalue weighted by molar-refractivity contribution is 9.10. The van der Waals surface area contributed by atoms with Crippen LogP contribution in [0.2, 0.25) is 10.0 Å². The third-order valence-corrected chi connectivity index (χ3v) is 12.5. The van der Waals surface area contributed by atoms with Gasteiger partial charge in [0.15, 0.2) is 11.5 Å². The summed E-state index contributed by atoms with van der Waals surface area (Å²) in [6.45, 7) is -0.645. The quantitative estimate of drug-likeness (QED) is 0.155. The Labute approximate surface area is 297 Å². The van der Waals surface area contributed by atoms with Gasteiger partial charge < -0.3 is 9.47 Å². The summed E-state index contributed by atoms with van der Waals surface area (Å²) >= 11 is 15.6. The number of piperazine rings is 1. The third-order valence-electron chi connectivity index (χ3n) is 7.33. The van der Waals surface area contributed by atoms with Gasteiger partial charge in [0.1, 0.15) is 12.6 Å². The Morgan fingerprint density at radius 1 is 0.917 bits per heavy atom.